The molecule has 29 heavy (non-hydrogen) atoms. The van der Waals surface area contributed by atoms with Crippen LogP contribution in [-0.2, 0) is 9.59 Å². The highest BCUT2D eigenvalue weighted by Crippen LogP contribution is 2.40. The number of hydrogen-bond acceptors (Lipinski definition) is 3. The van der Waals surface area contributed by atoms with E-state index in [0.29, 0.717) is 16.3 Å². The molecule has 5 atom stereocenters. The van der Waals surface area contributed by atoms with E-state index in [1.807, 2.05) is 0 Å². The third kappa shape index (κ3) is 2.74. The highest BCUT2D eigenvalue weighted by molar-refractivity contribution is 6.31. The highest BCUT2D eigenvalue weighted by atomic mass is 35.5. The second-order valence-corrected chi connectivity index (χ2v) is 8.40. The van der Waals surface area contributed by atoms with E-state index in [1.54, 1.807) is 24.3 Å². The Bertz CT molecular complexity index is 1020. The first kappa shape index (κ1) is 18.5. The minimum atomic E-state index is -0.695. The van der Waals surface area contributed by atoms with Crippen LogP contribution < -0.4 is 9.80 Å². The van der Waals surface area contributed by atoms with Crippen molar-refractivity contribution in [2.45, 2.75) is 24.9 Å². The van der Waals surface area contributed by atoms with Gasteiger partial charge in [0.05, 0.1) is 12.2 Å². The fraction of sp³-hybridized carbons (Fsp3) is 0.318. The molecule has 3 heterocycles. The van der Waals surface area contributed by atoms with E-state index < -0.39 is 23.7 Å². The number of fused-ring (bicyclic) bond motifs is 3. The lowest BCUT2D eigenvalue weighted by Gasteiger charge is -2.25. The minimum Gasteiger partial charge on any atom is -0.322 e. The summed E-state index contributed by atoms with van der Waals surface area (Å²) in [6.45, 7) is 0.757. The Morgan fingerprint density at radius 2 is 1.79 bits per heavy atom. The summed E-state index contributed by atoms with van der Waals surface area (Å²) in [5.41, 5.74) is 0.811. The van der Waals surface area contributed by atoms with Gasteiger partial charge in [-0.05, 0) is 42.5 Å². The molecule has 0 saturated carbocycles. The maximum atomic E-state index is 13.4. The van der Waals surface area contributed by atoms with Crippen LogP contribution in [0.4, 0.5) is 10.1 Å². The van der Waals surface area contributed by atoms with E-state index in [1.165, 1.54) is 29.2 Å². The van der Waals surface area contributed by atoms with Gasteiger partial charge >= 0.3 is 0 Å². The first-order valence-corrected chi connectivity index (χ1v) is 10.1. The quantitative estimate of drug-likeness (QED) is 0.617. The standard InChI is InChI=1S/C22H18ClFN2O3/c23-13-3-1-4-15(11-13)26-21(28)17-16-5-2-10-25(16)19(18(17)22(26)29)20(27)12-6-8-14(24)9-7-12/h1,3-4,6-9,11,16-19H,2,5,10H2/p+1/t16-,17-,18+,19-/m0/s1. The number of nitrogens with zero attached hydrogens (tertiary/aromatic N) is 1. The summed E-state index contributed by atoms with van der Waals surface area (Å²) < 4.78 is 13.3. The summed E-state index contributed by atoms with van der Waals surface area (Å²) in [4.78, 5) is 42.2. The number of imide groups is 1. The number of quaternary nitrogens is 1. The van der Waals surface area contributed by atoms with E-state index in [9.17, 15) is 18.8 Å². The summed E-state index contributed by atoms with van der Waals surface area (Å²) in [6, 6.07) is 11.4. The molecular weight excluding hydrogens is 395 g/mol. The van der Waals surface area contributed by atoms with Gasteiger partial charge in [-0.15, -0.1) is 0 Å². The van der Waals surface area contributed by atoms with Gasteiger partial charge in [0.1, 0.15) is 23.7 Å². The topological polar surface area (TPSA) is 58.9 Å². The van der Waals surface area contributed by atoms with Crippen LogP contribution in [0.15, 0.2) is 48.5 Å². The molecule has 3 saturated heterocycles. The average molecular weight is 414 g/mol. The lowest BCUT2D eigenvalue weighted by molar-refractivity contribution is -0.915. The molecular formula is C22H19ClFN2O3+. The molecule has 0 spiro atoms. The molecule has 3 aliphatic heterocycles. The van der Waals surface area contributed by atoms with E-state index in [2.05, 4.69) is 0 Å². The molecule has 2 aromatic carbocycles. The average Bonchev–Trinajstić information content (AvgIpc) is 3.34. The molecule has 0 aromatic heterocycles. The zero-order valence-corrected chi connectivity index (χ0v) is 16.2. The molecule has 3 aliphatic rings. The number of benzene rings is 2. The van der Waals surface area contributed by atoms with Crippen molar-refractivity contribution in [3.63, 3.8) is 0 Å². The van der Waals surface area contributed by atoms with Gasteiger partial charge in [-0.25, -0.2) is 9.29 Å². The fourth-order valence-corrected chi connectivity index (χ4v) is 5.59. The van der Waals surface area contributed by atoms with Gasteiger partial charge in [0.25, 0.3) is 0 Å². The summed E-state index contributed by atoms with van der Waals surface area (Å²) in [5, 5.41) is 0.437. The number of ketones is 1. The molecule has 3 fully saturated rings. The Balaban J connectivity index is 1.55. The predicted octanol–water partition coefficient (Wildman–Crippen LogP) is 1.90. The molecule has 148 valence electrons. The van der Waals surface area contributed by atoms with Crippen LogP contribution in [0.5, 0.6) is 0 Å². The van der Waals surface area contributed by atoms with Crippen LogP contribution in [0.2, 0.25) is 5.02 Å². The van der Waals surface area contributed by atoms with Crippen molar-refractivity contribution >= 4 is 34.9 Å². The Morgan fingerprint density at radius 3 is 2.52 bits per heavy atom. The highest BCUT2D eigenvalue weighted by Gasteiger charge is 2.68. The number of hydrogen-bond donors (Lipinski definition) is 1. The largest absolute Gasteiger partial charge is 0.322 e. The monoisotopic (exact) mass is 413 g/mol. The van der Waals surface area contributed by atoms with Gasteiger partial charge in [-0.1, -0.05) is 17.7 Å². The van der Waals surface area contributed by atoms with Crippen LogP contribution in [-0.4, -0.2) is 36.2 Å². The maximum Gasteiger partial charge on any atom is 0.244 e. The third-order valence-electron chi connectivity index (χ3n) is 6.52. The van der Waals surface area contributed by atoms with Crippen LogP contribution in [0.3, 0.4) is 0 Å². The van der Waals surface area contributed by atoms with Crippen LogP contribution in [0.25, 0.3) is 0 Å². The Kier molecular flexibility index (Phi) is 4.29. The lowest BCUT2D eigenvalue weighted by atomic mass is 9.85. The Morgan fingerprint density at radius 1 is 1.07 bits per heavy atom. The minimum absolute atomic E-state index is 0.0463. The first-order chi connectivity index (χ1) is 14.0. The number of carbonyl (C=O) groups is 3. The molecule has 7 heteroatoms. The SMILES string of the molecule is O=C(c1ccc(F)cc1)[C@@H]1[C@@H]2C(=O)N(c3cccc(Cl)c3)C(=O)[C@H]2[C@@H]2CCC[NH+]12. The van der Waals surface area contributed by atoms with Crippen molar-refractivity contribution in [1.82, 2.24) is 0 Å². The number of anilines is 1. The summed E-state index contributed by atoms with van der Waals surface area (Å²) >= 11 is 6.06. The number of carbonyl (C=O) groups excluding carboxylic acids is 3. The van der Waals surface area contributed by atoms with Gasteiger partial charge in [-0.3, -0.25) is 14.4 Å². The smallest absolute Gasteiger partial charge is 0.244 e. The molecule has 1 unspecified atom stereocenters. The molecule has 2 amide bonds. The molecule has 5 nitrogen and oxygen atoms in total. The summed E-state index contributed by atoms with van der Waals surface area (Å²) in [6.07, 6.45) is 1.72. The van der Waals surface area contributed by atoms with Crippen molar-refractivity contribution < 1.29 is 23.7 Å². The fourth-order valence-electron chi connectivity index (χ4n) is 5.40. The zero-order valence-electron chi connectivity index (χ0n) is 15.5. The molecule has 0 radical (unpaired) electrons. The van der Waals surface area contributed by atoms with E-state index in [-0.39, 0.29) is 23.6 Å². The van der Waals surface area contributed by atoms with Crippen molar-refractivity contribution in [2.75, 3.05) is 11.4 Å². The van der Waals surface area contributed by atoms with Gasteiger partial charge < -0.3 is 4.90 Å². The van der Waals surface area contributed by atoms with Crippen molar-refractivity contribution in [3.05, 3.63) is 64.9 Å². The number of rotatable bonds is 3. The number of Topliss-reactive ketones (excluding diaryl/α,β-unsaturated/α-hetero) is 1. The second-order valence-electron chi connectivity index (χ2n) is 7.97. The van der Waals surface area contributed by atoms with Crippen LogP contribution in [0, 0.1) is 17.7 Å². The molecule has 0 bridgehead atoms. The Labute approximate surface area is 172 Å². The van der Waals surface area contributed by atoms with Gasteiger partial charge in [0.2, 0.25) is 17.6 Å². The van der Waals surface area contributed by atoms with E-state index in [4.69, 9.17) is 11.6 Å². The van der Waals surface area contributed by atoms with Crippen molar-refractivity contribution in [3.8, 4) is 0 Å². The number of amides is 2. The third-order valence-corrected chi connectivity index (χ3v) is 6.76. The molecule has 2 aromatic rings. The van der Waals surface area contributed by atoms with Gasteiger partial charge in [-0.2, -0.15) is 0 Å². The number of halogens is 2. The molecule has 0 aliphatic carbocycles. The summed E-state index contributed by atoms with van der Waals surface area (Å²) in [5.74, 6) is -2.41. The molecule has 1 N–H and O–H groups in total. The van der Waals surface area contributed by atoms with Crippen molar-refractivity contribution in [1.29, 1.82) is 0 Å². The maximum absolute atomic E-state index is 13.4. The van der Waals surface area contributed by atoms with Crippen LogP contribution >= 0.6 is 11.6 Å². The van der Waals surface area contributed by atoms with Crippen LogP contribution in [0.1, 0.15) is 23.2 Å². The van der Waals surface area contributed by atoms with Gasteiger partial charge in [0, 0.05) is 23.4 Å². The number of nitrogens with one attached hydrogen (secondary N) is 1. The zero-order chi connectivity index (χ0) is 20.3. The van der Waals surface area contributed by atoms with Crippen molar-refractivity contribution in [2.24, 2.45) is 11.8 Å². The predicted molar refractivity (Wildman–Crippen MR) is 104 cm³/mol. The molecule has 5 rings (SSSR count). The van der Waals surface area contributed by atoms with E-state index in [0.717, 1.165) is 24.3 Å². The van der Waals surface area contributed by atoms with Gasteiger partial charge in [0.15, 0.2) is 6.04 Å². The van der Waals surface area contributed by atoms with E-state index >= 15 is 0 Å². The second kappa shape index (κ2) is 6.75. The Hall–Kier alpha value is -2.57. The normalized spacial score (nSPS) is 30.6. The lowest BCUT2D eigenvalue weighted by Crippen LogP contribution is -3.16. The summed E-state index contributed by atoms with van der Waals surface area (Å²) in [7, 11) is 0. The first-order valence-electron chi connectivity index (χ1n) is 9.76.